The number of hydrogen-bond donors (Lipinski definition) is 0. The normalized spacial score (nSPS) is 12.1. The van der Waals surface area contributed by atoms with Gasteiger partial charge in [0.1, 0.15) is 0 Å². The van der Waals surface area contributed by atoms with Crippen LogP contribution < -0.4 is 9.64 Å². The van der Waals surface area contributed by atoms with E-state index in [-0.39, 0.29) is 0 Å². The van der Waals surface area contributed by atoms with Crippen LogP contribution in [0.5, 0.6) is 11.5 Å². The van der Waals surface area contributed by atoms with Crippen molar-refractivity contribution >= 4 is 33.0 Å². The molecule has 0 bridgehead atoms. The van der Waals surface area contributed by atoms with Gasteiger partial charge >= 0.3 is 0 Å². The average Bonchev–Trinajstić information content (AvgIpc) is 2.72. The Labute approximate surface area is 166 Å². The third-order valence-corrected chi connectivity index (χ3v) is 5.14. The van der Waals surface area contributed by atoms with Gasteiger partial charge in [-0.05, 0) is 53.6 Å². The van der Waals surface area contributed by atoms with Crippen LogP contribution in [0.4, 0.5) is 17.1 Å². The van der Waals surface area contributed by atoms with Crippen LogP contribution in [0.3, 0.4) is 0 Å². The lowest BCUT2D eigenvalue weighted by atomic mass is 10.0. The van der Waals surface area contributed by atoms with E-state index in [1.54, 1.807) is 0 Å². The van der Waals surface area contributed by atoms with Crippen molar-refractivity contribution in [2.24, 2.45) is 0 Å². The molecule has 0 saturated carbocycles. The maximum Gasteiger partial charge on any atom is 0.151 e. The number of rotatable bonds is 2. The van der Waals surface area contributed by atoms with Crippen LogP contribution in [0.1, 0.15) is 0 Å². The minimum absolute atomic E-state index is 0.859. The molecule has 0 amide bonds. The van der Waals surface area contributed by atoms with E-state index in [0.717, 1.165) is 33.0 Å². The summed E-state index contributed by atoms with van der Waals surface area (Å²) in [4.78, 5) is 2.26. The van der Waals surface area contributed by atoms with Gasteiger partial charge in [-0.2, -0.15) is 0 Å². The van der Waals surface area contributed by atoms with E-state index < -0.39 is 0 Å². The molecule has 4 aromatic carbocycles. The first kappa shape index (κ1) is 16.2. The first-order valence-corrected chi connectivity index (χ1v) is 9.61. The second-order valence-corrected chi connectivity index (χ2v) is 7.35. The zero-order valence-corrected chi connectivity index (χ0v) is 16.1. The fourth-order valence-electron chi connectivity index (χ4n) is 3.48. The van der Waals surface area contributed by atoms with Crippen molar-refractivity contribution in [3.8, 4) is 22.6 Å². The molecule has 4 aromatic rings. The van der Waals surface area contributed by atoms with Crippen LogP contribution in [-0.4, -0.2) is 0 Å². The highest BCUT2D eigenvalue weighted by atomic mass is 79.9. The predicted molar refractivity (Wildman–Crippen MR) is 114 cm³/mol. The van der Waals surface area contributed by atoms with Crippen LogP contribution >= 0.6 is 15.9 Å². The highest BCUT2D eigenvalue weighted by Crippen LogP contribution is 2.50. The van der Waals surface area contributed by atoms with Crippen LogP contribution in [0.15, 0.2) is 102 Å². The lowest BCUT2D eigenvalue weighted by molar-refractivity contribution is 0.477. The molecule has 0 atom stereocenters. The summed E-state index contributed by atoms with van der Waals surface area (Å²) in [5.41, 5.74) is 5.52. The molecule has 0 aliphatic carbocycles. The monoisotopic (exact) mass is 413 g/mol. The van der Waals surface area contributed by atoms with Gasteiger partial charge in [0.05, 0.1) is 11.4 Å². The summed E-state index contributed by atoms with van der Waals surface area (Å²) in [6, 6.07) is 33.2. The second kappa shape index (κ2) is 6.60. The number of halogens is 1. The van der Waals surface area contributed by atoms with Crippen molar-refractivity contribution < 1.29 is 4.74 Å². The highest BCUT2D eigenvalue weighted by molar-refractivity contribution is 9.10. The molecule has 5 rings (SSSR count). The van der Waals surface area contributed by atoms with Gasteiger partial charge < -0.3 is 9.64 Å². The Hall–Kier alpha value is -3.04. The SMILES string of the molecule is Brc1cc(-c2ccccc2)cc(N2c3ccccc3Oc3ccccc32)c1. The standard InChI is InChI=1S/C24H16BrNO/c25-19-14-18(17-8-2-1-3-9-17)15-20(16-19)26-21-10-4-6-12-23(21)27-24-13-7-5-11-22(24)26/h1-16H. The van der Waals surface area contributed by atoms with Crippen LogP contribution in [-0.2, 0) is 0 Å². The molecule has 3 heteroatoms. The number of fused-ring (bicyclic) bond motifs is 2. The van der Waals surface area contributed by atoms with Crippen molar-refractivity contribution in [3.63, 3.8) is 0 Å². The minimum Gasteiger partial charge on any atom is -0.453 e. The summed E-state index contributed by atoms with van der Waals surface area (Å²) in [6.07, 6.45) is 0. The highest BCUT2D eigenvalue weighted by Gasteiger charge is 2.25. The minimum atomic E-state index is 0.859. The van der Waals surface area contributed by atoms with Gasteiger partial charge in [0.2, 0.25) is 0 Å². The van der Waals surface area contributed by atoms with Crippen molar-refractivity contribution in [2.75, 3.05) is 4.90 Å². The molecule has 130 valence electrons. The number of benzene rings is 4. The Morgan fingerprint density at radius 3 is 1.85 bits per heavy atom. The Balaban J connectivity index is 1.73. The Morgan fingerprint density at radius 1 is 0.593 bits per heavy atom. The number of ether oxygens (including phenoxy) is 1. The van der Waals surface area contributed by atoms with E-state index in [1.807, 2.05) is 42.5 Å². The third-order valence-electron chi connectivity index (χ3n) is 4.68. The molecule has 0 saturated heterocycles. The Kier molecular flexibility index (Phi) is 3.95. The quantitative estimate of drug-likeness (QED) is 0.294. The second-order valence-electron chi connectivity index (χ2n) is 6.44. The fraction of sp³-hybridized carbons (Fsp3) is 0. The first-order chi connectivity index (χ1) is 13.3. The molecule has 0 unspecified atom stereocenters. The van der Waals surface area contributed by atoms with E-state index in [4.69, 9.17) is 4.74 Å². The van der Waals surface area contributed by atoms with Crippen molar-refractivity contribution in [2.45, 2.75) is 0 Å². The van der Waals surface area contributed by atoms with Gasteiger partial charge in [-0.25, -0.2) is 0 Å². The summed E-state index contributed by atoms with van der Waals surface area (Å²) in [7, 11) is 0. The van der Waals surface area contributed by atoms with Crippen molar-refractivity contribution in [1.82, 2.24) is 0 Å². The van der Waals surface area contributed by atoms with Gasteiger partial charge in [0, 0.05) is 10.2 Å². The van der Waals surface area contributed by atoms with Crippen LogP contribution in [0.2, 0.25) is 0 Å². The smallest absolute Gasteiger partial charge is 0.151 e. The molecular weight excluding hydrogens is 398 g/mol. The molecule has 0 N–H and O–H groups in total. The summed E-state index contributed by atoms with van der Waals surface area (Å²) < 4.78 is 7.16. The fourth-order valence-corrected chi connectivity index (χ4v) is 3.96. The van der Waals surface area contributed by atoms with Crippen molar-refractivity contribution in [3.05, 3.63) is 102 Å². The van der Waals surface area contributed by atoms with Gasteiger partial charge in [-0.1, -0.05) is 70.5 Å². The maximum atomic E-state index is 6.12. The molecule has 1 heterocycles. The molecule has 0 radical (unpaired) electrons. The summed E-state index contributed by atoms with van der Waals surface area (Å²) in [5.74, 6) is 1.72. The van der Waals surface area contributed by atoms with Gasteiger partial charge in [0.15, 0.2) is 11.5 Å². The van der Waals surface area contributed by atoms with E-state index in [2.05, 4.69) is 75.4 Å². The van der Waals surface area contributed by atoms with E-state index >= 15 is 0 Å². The number of anilines is 3. The van der Waals surface area contributed by atoms with E-state index in [9.17, 15) is 0 Å². The molecular formula is C24H16BrNO. The first-order valence-electron chi connectivity index (χ1n) is 8.82. The topological polar surface area (TPSA) is 12.5 Å². The average molecular weight is 414 g/mol. The maximum absolute atomic E-state index is 6.12. The summed E-state index contributed by atoms with van der Waals surface area (Å²) in [5, 5.41) is 0. The lowest BCUT2D eigenvalue weighted by Gasteiger charge is -2.33. The Morgan fingerprint density at radius 2 is 1.19 bits per heavy atom. The van der Waals surface area contributed by atoms with Crippen LogP contribution in [0.25, 0.3) is 11.1 Å². The molecule has 0 aromatic heterocycles. The molecule has 0 spiro atoms. The molecule has 2 nitrogen and oxygen atoms in total. The summed E-state index contributed by atoms with van der Waals surface area (Å²) in [6.45, 7) is 0. The number of hydrogen-bond acceptors (Lipinski definition) is 2. The van der Waals surface area contributed by atoms with E-state index in [1.165, 1.54) is 11.1 Å². The van der Waals surface area contributed by atoms with Crippen LogP contribution in [0, 0.1) is 0 Å². The van der Waals surface area contributed by atoms with Gasteiger partial charge in [-0.15, -0.1) is 0 Å². The van der Waals surface area contributed by atoms with E-state index in [0.29, 0.717) is 0 Å². The molecule has 0 fully saturated rings. The Bertz CT molecular complexity index is 1080. The number of para-hydroxylation sites is 4. The van der Waals surface area contributed by atoms with Gasteiger partial charge in [0.25, 0.3) is 0 Å². The molecule has 1 aliphatic heterocycles. The zero-order chi connectivity index (χ0) is 18.2. The lowest BCUT2D eigenvalue weighted by Crippen LogP contribution is -2.15. The number of nitrogens with zero attached hydrogens (tertiary/aromatic N) is 1. The third kappa shape index (κ3) is 2.90. The molecule has 1 aliphatic rings. The van der Waals surface area contributed by atoms with Crippen molar-refractivity contribution in [1.29, 1.82) is 0 Å². The van der Waals surface area contributed by atoms with Gasteiger partial charge in [-0.3, -0.25) is 0 Å². The summed E-state index contributed by atoms with van der Waals surface area (Å²) >= 11 is 3.70. The largest absolute Gasteiger partial charge is 0.453 e. The zero-order valence-electron chi connectivity index (χ0n) is 14.5. The predicted octanol–water partition coefficient (Wildman–Crippen LogP) is 7.69. The molecule has 27 heavy (non-hydrogen) atoms.